The third-order valence-electron chi connectivity index (χ3n) is 3.74. The average molecular weight is 282 g/mol. The first kappa shape index (κ1) is 13.8. The Hall–Kier alpha value is -2.13. The van der Waals surface area contributed by atoms with Gasteiger partial charge in [-0.3, -0.25) is 0 Å². The molecule has 3 heteroatoms. The number of aromatic nitrogens is 1. The molecule has 21 heavy (non-hydrogen) atoms. The molecule has 3 rings (SSSR count). The standard InChI is InChI=1S/C18H19FN2/c1-21(2)11-10-16-15-8-3-4-9-17(15)20-18(16)13-6-5-7-14(19)12-13/h3-9,12,20H,10-11H2,1-2H3. The van der Waals surface area contributed by atoms with Crippen LogP contribution >= 0.6 is 0 Å². The number of fused-ring (bicyclic) bond motifs is 1. The molecule has 2 aromatic carbocycles. The van der Waals surface area contributed by atoms with Gasteiger partial charge >= 0.3 is 0 Å². The lowest BCUT2D eigenvalue weighted by Gasteiger charge is -2.10. The van der Waals surface area contributed by atoms with Crippen LogP contribution in [-0.4, -0.2) is 30.5 Å². The van der Waals surface area contributed by atoms with Crippen molar-refractivity contribution in [2.45, 2.75) is 6.42 Å². The van der Waals surface area contributed by atoms with Crippen molar-refractivity contribution in [2.24, 2.45) is 0 Å². The van der Waals surface area contributed by atoms with Gasteiger partial charge in [-0.1, -0.05) is 30.3 Å². The summed E-state index contributed by atoms with van der Waals surface area (Å²) in [5.41, 5.74) is 4.29. The van der Waals surface area contributed by atoms with E-state index in [4.69, 9.17) is 0 Å². The van der Waals surface area contributed by atoms with Crippen molar-refractivity contribution in [3.05, 3.63) is 59.9 Å². The highest BCUT2D eigenvalue weighted by atomic mass is 19.1. The molecule has 0 radical (unpaired) electrons. The number of halogens is 1. The molecule has 1 heterocycles. The van der Waals surface area contributed by atoms with Crippen LogP contribution in [0.1, 0.15) is 5.56 Å². The number of nitrogens with zero attached hydrogens (tertiary/aromatic N) is 1. The molecule has 0 aliphatic heterocycles. The van der Waals surface area contributed by atoms with Crippen LogP contribution in [0, 0.1) is 5.82 Å². The van der Waals surface area contributed by atoms with Crippen molar-refractivity contribution < 1.29 is 4.39 Å². The van der Waals surface area contributed by atoms with Crippen LogP contribution in [-0.2, 0) is 6.42 Å². The summed E-state index contributed by atoms with van der Waals surface area (Å²) in [6.45, 7) is 0.962. The average Bonchev–Trinajstić information content (AvgIpc) is 2.84. The molecule has 0 spiro atoms. The topological polar surface area (TPSA) is 19.0 Å². The lowest BCUT2D eigenvalue weighted by molar-refractivity contribution is 0.414. The Morgan fingerprint density at radius 3 is 2.62 bits per heavy atom. The summed E-state index contributed by atoms with van der Waals surface area (Å²) in [4.78, 5) is 5.61. The van der Waals surface area contributed by atoms with Crippen molar-refractivity contribution in [3.63, 3.8) is 0 Å². The van der Waals surface area contributed by atoms with E-state index in [1.54, 1.807) is 12.1 Å². The highest BCUT2D eigenvalue weighted by Crippen LogP contribution is 2.31. The van der Waals surface area contributed by atoms with Crippen molar-refractivity contribution in [1.29, 1.82) is 0 Å². The van der Waals surface area contributed by atoms with E-state index in [2.05, 4.69) is 36.1 Å². The Bertz CT molecular complexity index is 759. The Morgan fingerprint density at radius 2 is 1.86 bits per heavy atom. The van der Waals surface area contributed by atoms with Crippen molar-refractivity contribution in [3.8, 4) is 11.3 Å². The van der Waals surface area contributed by atoms with Crippen LogP contribution in [0.5, 0.6) is 0 Å². The number of benzene rings is 2. The van der Waals surface area contributed by atoms with Gasteiger partial charge in [0.25, 0.3) is 0 Å². The minimum atomic E-state index is -0.204. The SMILES string of the molecule is CN(C)CCc1c(-c2cccc(F)c2)[nH]c2ccccc12. The van der Waals surface area contributed by atoms with Crippen LogP contribution in [0.4, 0.5) is 4.39 Å². The number of para-hydroxylation sites is 1. The summed E-state index contributed by atoms with van der Waals surface area (Å²) in [5, 5.41) is 1.22. The molecule has 0 aliphatic carbocycles. The second-order valence-electron chi connectivity index (χ2n) is 5.59. The van der Waals surface area contributed by atoms with Crippen molar-refractivity contribution in [1.82, 2.24) is 9.88 Å². The van der Waals surface area contributed by atoms with Gasteiger partial charge in [-0.2, -0.15) is 0 Å². The molecule has 0 saturated carbocycles. The molecule has 0 unspecified atom stereocenters. The number of nitrogens with one attached hydrogen (secondary N) is 1. The van der Waals surface area contributed by atoms with E-state index in [-0.39, 0.29) is 5.82 Å². The van der Waals surface area contributed by atoms with Gasteiger partial charge in [0.2, 0.25) is 0 Å². The second-order valence-corrected chi connectivity index (χ2v) is 5.59. The maximum absolute atomic E-state index is 13.5. The van der Waals surface area contributed by atoms with Crippen molar-refractivity contribution in [2.75, 3.05) is 20.6 Å². The van der Waals surface area contributed by atoms with E-state index in [0.717, 1.165) is 29.7 Å². The summed E-state index contributed by atoms with van der Waals surface area (Å²) < 4.78 is 13.5. The zero-order chi connectivity index (χ0) is 14.8. The first-order chi connectivity index (χ1) is 10.1. The number of hydrogen-bond donors (Lipinski definition) is 1. The summed E-state index contributed by atoms with van der Waals surface area (Å²) in [7, 11) is 4.13. The Labute approximate surface area is 124 Å². The van der Waals surface area contributed by atoms with Crippen LogP contribution in [0.3, 0.4) is 0 Å². The van der Waals surface area contributed by atoms with Crippen LogP contribution in [0.2, 0.25) is 0 Å². The monoisotopic (exact) mass is 282 g/mol. The molecule has 0 aliphatic rings. The summed E-state index contributed by atoms with van der Waals surface area (Å²) >= 11 is 0. The fourth-order valence-corrected chi connectivity index (χ4v) is 2.69. The molecular formula is C18H19FN2. The van der Waals surface area contributed by atoms with E-state index in [0.29, 0.717) is 0 Å². The molecule has 0 amide bonds. The van der Waals surface area contributed by atoms with Gasteiger partial charge in [0, 0.05) is 28.7 Å². The lowest BCUT2D eigenvalue weighted by atomic mass is 10.0. The third kappa shape index (κ3) is 2.83. The highest BCUT2D eigenvalue weighted by Gasteiger charge is 2.13. The summed E-state index contributed by atoms with van der Waals surface area (Å²) in [5.74, 6) is -0.204. The minimum absolute atomic E-state index is 0.204. The van der Waals surface area contributed by atoms with E-state index < -0.39 is 0 Å². The maximum Gasteiger partial charge on any atom is 0.123 e. The normalized spacial score (nSPS) is 11.4. The van der Waals surface area contributed by atoms with Crippen molar-refractivity contribution >= 4 is 10.9 Å². The first-order valence-electron chi connectivity index (χ1n) is 7.15. The van der Waals surface area contributed by atoms with Crippen LogP contribution in [0.25, 0.3) is 22.2 Å². The van der Waals surface area contributed by atoms with Gasteiger partial charge in [0.15, 0.2) is 0 Å². The van der Waals surface area contributed by atoms with E-state index in [1.807, 2.05) is 18.2 Å². The van der Waals surface area contributed by atoms with Gasteiger partial charge < -0.3 is 9.88 Å². The van der Waals surface area contributed by atoms with Gasteiger partial charge in [-0.05, 0) is 44.3 Å². The Morgan fingerprint density at radius 1 is 1.05 bits per heavy atom. The minimum Gasteiger partial charge on any atom is -0.354 e. The predicted molar refractivity (Wildman–Crippen MR) is 86.0 cm³/mol. The van der Waals surface area contributed by atoms with Gasteiger partial charge in [-0.15, -0.1) is 0 Å². The maximum atomic E-state index is 13.5. The van der Waals surface area contributed by atoms with Gasteiger partial charge in [0.1, 0.15) is 5.82 Å². The molecule has 0 atom stereocenters. The smallest absolute Gasteiger partial charge is 0.123 e. The van der Waals surface area contributed by atoms with Gasteiger partial charge in [0.05, 0.1) is 0 Å². The summed E-state index contributed by atoms with van der Waals surface area (Å²) in [6, 6.07) is 15.0. The van der Waals surface area contributed by atoms with Gasteiger partial charge in [-0.25, -0.2) is 4.39 Å². The zero-order valence-electron chi connectivity index (χ0n) is 12.4. The molecule has 2 nitrogen and oxygen atoms in total. The largest absolute Gasteiger partial charge is 0.354 e. The Balaban J connectivity index is 2.14. The second kappa shape index (κ2) is 5.70. The predicted octanol–water partition coefficient (Wildman–Crippen LogP) is 4.08. The summed E-state index contributed by atoms with van der Waals surface area (Å²) in [6.07, 6.45) is 0.933. The Kier molecular flexibility index (Phi) is 3.76. The quantitative estimate of drug-likeness (QED) is 0.764. The molecule has 0 bridgehead atoms. The number of likely N-dealkylation sites (N-methyl/N-ethyl adjacent to an activating group) is 1. The zero-order valence-corrected chi connectivity index (χ0v) is 12.4. The van der Waals surface area contributed by atoms with E-state index >= 15 is 0 Å². The first-order valence-corrected chi connectivity index (χ1v) is 7.15. The highest BCUT2D eigenvalue weighted by molar-refractivity contribution is 5.90. The third-order valence-corrected chi connectivity index (χ3v) is 3.74. The molecular weight excluding hydrogens is 263 g/mol. The molecule has 0 fully saturated rings. The molecule has 0 saturated heterocycles. The lowest BCUT2D eigenvalue weighted by Crippen LogP contribution is -2.15. The molecule has 1 aromatic heterocycles. The fourth-order valence-electron chi connectivity index (χ4n) is 2.69. The number of aromatic amines is 1. The molecule has 3 aromatic rings. The molecule has 108 valence electrons. The van der Waals surface area contributed by atoms with E-state index in [1.165, 1.54) is 17.0 Å². The molecule has 1 N–H and O–H groups in total. The van der Waals surface area contributed by atoms with Crippen LogP contribution in [0.15, 0.2) is 48.5 Å². The fraction of sp³-hybridized carbons (Fsp3) is 0.222. The number of H-pyrrole nitrogens is 1. The van der Waals surface area contributed by atoms with Crippen LogP contribution < -0.4 is 0 Å². The number of hydrogen-bond acceptors (Lipinski definition) is 1. The van der Waals surface area contributed by atoms with E-state index in [9.17, 15) is 4.39 Å². The number of rotatable bonds is 4.